The van der Waals surface area contributed by atoms with E-state index in [1.165, 1.54) is 0 Å². The van der Waals surface area contributed by atoms with Crippen molar-refractivity contribution in [3.63, 3.8) is 0 Å². The molecule has 25 heavy (non-hydrogen) atoms. The highest BCUT2D eigenvalue weighted by molar-refractivity contribution is 6.30. The highest BCUT2D eigenvalue weighted by atomic mass is 35.5. The van der Waals surface area contributed by atoms with E-state index in [4.69, 9.17) is 16.3 Å². The average Bonchev–Trinajstić information content (AvgIpc) is 2.98. The molecule has 0 saturated heterocycles. The number of aryl methyl sites for hydroxylation is 1. The fraction of sp³-hybridized carbons (Fsp3) is 0.222. The standard InChI is InChI=1S/C18H19ClN4O2/c1-23-8-6-14-16(23)15(18(24)20-7-9-25-2)11-21-17(14)22-13-5-3-4-12(19)10-13/h3-6,8,10-11H,7,9H2,1-2H3,(H,20,24)(H,21,22). The molecule has 0 aliphatic rings. The van der Waals surface area contributed by atoms with Gasteiger partial charge >= 0.3 is 0 Å². The van der Waals surface area contributed by atoms with Crippen LogP contribution in [0.25, 0.3) is 10.9 Å². The number of nitrogens with zero attached hydrogens (tertiary/aromatic N) is 2. The average molecular weight is 359 g/mol. The summed E-state index contributed by atoms with van der Waals surface area (Å²) in [5.41, 5.74) is 2.17. The topological polar surface area (TPSA) is 68.2 Å². The number of nitrogens with one attached hydrogen (secondary N) is 2. The van der Waals surface area contributed by atoms with Crippen molar-refractivity contribution in [2.24, 2.45) is 7.05 Å². The molecule has 7 heteroatoms. The molecule has 130 valence electrons. The van der Waals surface area contributed by atoms with Crippen LogP contribution in [-0.4, -0.2) is 35.7 Å². The van der Waals surface area contributed by atoms with E-state index in [1.54, 1.807) is 13.3 Å². The Labute approximate surface area is 150 Å². The van der Waals surface area contributed by atoms with E-state index in [9.17, 15) is 4.79 Å². The Morgan fingerprint density at radius 2 is 2.20 bits per heavy atom. The summed E-state index contributed by atoms with van der Waals surface area (Å²) in [6.45, 7) is 0.910. The summed E-state index contributed by atoms with van der Waals surface area (Å²) in [4.78, 5) is 16.9. The predicted molar refractivity (Wildman–Crippen MR) is 99.7 cm³/mol. The van der Waals surface area contributed by atoms with Gasteiger partial charge in [-0.05, 0) is 24.3 Å². The maximum atomic E-state index is 12.4. The summed E-state index contributed by atoms with van der Waals surface area (Å²) in [7, 11) is 3.50. The number of methoxy groups -OCH3 is 1. The molecule has 3 aromatic rings. The first-order valence-corrected chi connectivity index (χ1v) is 8.21. The molecule has 6 nitrogen and oxygen atoms in total. The summed E-state index contributed by atoms with van der Waals surface area (Å²) in [6.07, 6.45) is 3.48. The molecule has 0 fully saturated rings. The summed E-state index contributed by atoms with van der Waals surface area (Å²) in [5.74, 6) is 0.497. The number of pyridine rings is 1. The second-order valence-corrected chi connectivity index (χ2v) is 6.03. The van der Waals surface area contributed by atoms with Gasteiger partial charge in [-0.15, -0.1) is 0 Å². The van der Waals surface area contributed by atoms with Gasteiger partial charge in [-0.25, -0.2) is 4.98 Å². The van der Waals surface area contributed by atoms with Gasteiger partial charge in [0.15, 0.2) is 0 Å². The number of fused-ring (bicyclic) bond motifs is 1. The second-order valence-electron chi connectivity index (χ2n) is 5.59. The van der Waals surface area contributed by atoms with Crippen LogP contribution in [0.5, 0.6) is 0 Å². The highest BCUT2D eigenvalue weighted by Gasteiger charge is 2.16. The van der Waals surface area contributed by atoms with Crippen LogP contribution in [0.1, 0.15) is 10.4 Å². The van der Waals surface area contributed by atoms with Crippen molar-refractivity contribution >= 4 is 39.9 Å². The number of rotatable bonds is 6. The fourth-order valence-corrected chi connectivity index (χ4v) is 2.84. The second kappa shape index (κ2) is 7.55. The number of ether oxygens (including phenoxy) is 1. The first-order chi connectivity index (χ1) is 12.1. The third kappa shape index (κ3) is 3.75. The number of halogens is 1. The van der Waals surface area contributed by atoms with Gasteiger partial charge in [0, 0.05) is 49.2 Å². The summed E-state index contributed by atoms with van der Waals surface area (Å²) in [5, 5.41) is 7.59. The Kier molecular flexibility index (Phi) is 5.21. The molecule has 1 aromatic carbocycles. The molecule has 0 radical (unpaired) electrons. The van der Waals surface area contributed by atoms with Gasteiger partial charge in [-0.2, -0.15) is 0 Å². The van der Waals surface area contributed by atoms with Crippen LogP contribution in [0, 0.1) is 0 Å². The molecule has 1 amide bonds. The van der Waals surface area contributed by atoms with Crippen LogP contribution in [0.4, 0.5) is 11.5 Å². The number of carbonyl (C=O) groups excluding carboxylic acids is 1. The van der Waals surface area contributed by atoms with Gasteiger partial charge in [0.1, 0.15) is 5.82 Å². The Morgan fingerprint density at radius 3 is 2.96 bits per heavy atom. The smallest absolute Gasteiger partial charge is 0.255 e. The zero-order valence-electron chi connectivity index (χ0n) is 14.0. The maximum Gasteiger partial charge on any atom is 0.255 e. The van der Waals surface area contributed by atoms with Gasteiger partial charge in [-0.1, -0.05) is 17.7 Å². The third-order valence-electron chi connectivity index (χ3n) is 3.83. The molecule has 0 aliphatic heterocycles. The monoisotopic (exact) mass is 358 g/mol. The van der Waals surface area contributed by atoms with Crippen molar-refractivity contribution in [3.05, 3.63) is 53.3 Å². The van der Waals surface area contributed by atoms with E-state index in [0.717, 1.165) is 16.6 Å². The molecule has 0 bridgehead atoms. The molecule has 0 atom stereocenters. The minimum atomic E-state index is -0.175. The molecular formula is C18H19ClN4O2. The summed E-state index contributed by atoms with van der Waals surface area (Å²) in [6, 6.07) is 9.34. The van der Waals surface area contributed by atoms with Crippen molar-refractivity contribution in [2.45, 2.75) is 0 Å². The zero-order chi connectivity index (χ0) is 17.8. The molecule has 0 aliphatic carbocycles. The molecule has 2 heterocycles. The Bertz CT molecular complexity index is 907. The maximum absolute atomic E-state index is 12.4. The van der Waals surface area contributed by atoms with Gasteiger partial charge in [0.05, 0.1) is 17.7 Å². The SMILES string of the molecule is COCCNC(=O)c1cnc(Nc2cccc(Cl)c2)c2ccn(C)c12. The van der Waals surface area contributed by atoms with Crippen molar-refractivity contribution in [1.82, 2.24) is 14.9 Å². The minimum absolute atomic E-state index is 0.175. The first kappa shape index (κ1) is 17.3. The number of hydrogen-bond donors (Lipinski definition) is 2. The van der Waals surface area contributed by atoms with E-state index in [-0.39, 0.29) is 5.91 Å². The molecule has 2 aromatic heterocycles. The van der Waals surface area contributed by atoms with Gasteiger partial charge in [-0.3, -0.25) is 4.79 Å². The Hall–Kier alpha value is -2.57. The number of aromatic nitrogens is 2. The van der Waals surface area contributed by atoms with Crippen LogP contribution in [0.15, 0.2) is 42.7 Å². The normalized spacial score (nSPS) is 10.8. The number of amides is 1. The molecule has 0 spiro atoms. The zero-order valence-corrected chi connectivity index (χ0v) is 14.8. The van der Waals surface area contributed by atoms with E-state index in [0.29, 0.717) is 29.6 Å². The number of hydrogen-bond acceptors (Lipinski definition) is 4. The largest absolute Gasteiger partial charge is 0.383 e. The lowest BCUT2D eigenvalue weighted by molar-refractivity contribution is 0.0938. The highest BCUT2D eigenvalue weighted by Crippen LogP contribution is 2.28. The Balaban J connectivity index is 1.95. The van der Waals surface area contributed by atoms with Crippen LogP contribution >= 0.6 is 11.6 Å². The number of carbonyl (C=O) groups is 1. The lowest BCUT2D eigenvalue weighted by Gasteiger charge is -2.11. The molecular weight excluding hydrogens is 340 g/mol. The van der Waals surface area contributed by atoms with Crippen LogP contribution < -0.4 is 10.6 Å². The molecule has 0 unspecified atom stereocenters. The van der Waals surface area contributed by atoms with E-state index in [2.05, 4.69) is 15.6 Å². The van der Waals surface area contributed by atoms with Crippen LogP contribution in [-0.2, 0) is 11.8 Å². The van der Waals surface area contributed by atoms with Gasteiger partial charge in [0.25, 0.3) is 5.91 Å². The lowest BCUT2D eigenvalue weighted by Crippen LogP contribution is -2.27. The summed E-state index contributed by atoms with van der Waals surface area (Å²) < 4.78 is 6.87. The molecule has 3 rings (SSSR count). The fourth-order valence-electron chi connectivity index (χ4n) is 2.65. The van der Waals surface area contributed by atoms with Crippen LogP contribution in [0.2, 0.25) is 5.02 Å². The number of anilines is 2. The predicted octanol–water partition coefficient (Wildman–Crippen LogP) is 3.35. The van der Waals surface area contributed by atoms with E-state index >= 15 is 0 Å². The first-order valence-electron chi connectivity index (χ1n) is 7.84. The van der Waals surface area contributed by atoms with Crippen molar-refractivity contribution in [3.8, 4) is 0 Å². The summed E-state index contributed by atoms with van der Waals surface area (Å²) >= 11 is 6.03. The number of benzene rings is 1. The van der Waals surface area contributed by atoms with Crippen molar-refractivity contribution in [1.29, 1.82) is 0 Å². The van der Waals surface area contributed by atoms with Gasteiger partial charge in [0.2, 0.25) is 0 Å². The van der Waals surface area contributed by atoms with Gasteiger partial charge < -0.3 is 19.9 Å². The van der Waals surface area contributed by atoms with Crippen molar-refractivity contribution in [2.75, 3.05) is 25.6 Å². The molecule has 2 N–H and O–H groups in total. The van der Waals surface area contributed by atoms with E-state index < -0.39 is 0 Å². The van der Waals surface area contributed by atoms with Crippen LogP contribution in [0.3, 0.4) is 0 Å². The third-order valence-corrected chi connectivity index (χ3v) is 4.06. The van der Waals surface area contributed by atoms with Crippen molar-refractivity contribution < 1.29 is 9.53 Å². The molecule has 0 saturated carbocycles. The quantitative estimate of drug-likeness (QED) is 0.663. The minimum Gasteiger partial charge on any atom is -0.383 e. The van der Waals surface area contributed by atoms with E-state index in [1.807, 2.05) is 48.1 Å². The Morgan fingerprint density at radius 1 is 1.36 bits per heavy atom. The lowest BCUT2D eigenvalue weighted by atomic mass is 10.2.